The van der Waals surface area contributed by atoms with Crippen LogP contribution in [-0.2, 0) is 19.0 Å². The van der Waals surface area contributed by atoms with Crippen LogP contribution in [0.25, 0.3) is 0 Å². The lowest BCUT2D eigenvalue weighted by molar-refractivity contribution is -0.185. The van der Waals surface area contributed by atoms with Gasteiger partial charge in [0.2, 0.25) is 0 Å². The molecule has 38 heavy (non-hydrogen) atoms. The molecule has 2 aliphatic heterocycles. The highest BCUT2D eigenvalue weighted by Gasteiger charge is 2.65. The van der Waals surface area contributed by atoms with E-state index in [0.717, 1.165) is 32.1 Å². The fraction of sp³-hybridized carbons (Fsp3) is 0.968. The lowest BCUT2D eigenvalue weighted by Crippen LogP contribution is -2.54. The molecule has 3 N–H and O–H groups in total. The number of cyclic esters (lactones) is 1. The molecule has 218 valence electrons. The maximum Gasteiger partial charge on any atom is 0.309 e. The monoisotopic (exact) mass is 536 g/mol. The molecule has 3 aliphatic carbocycles. The lowest BCUT2D eigenvalue weighted by atomic mass is 9.48. The molecule has 7 nitrogen and oxygen atoms in total. The molecule has 0 aromatic rings. The Kier molecular flexibility index (Phi) is 7.55. The van der Waals surface area contributed by atoms with E-state index in [-0.39, 0.29) is 59.3 Å². The molecule has 1 unspecified atom stereocenters. The number of hydrogen-bond donors (Lipinski definition) is 3. The van der Waals surface area contributed by atoms with Gasteiger partial charge in [-0.3, -0.25) is 4.79 Å². The molecular weight excluding hydrogens is 484 g/mol. The Hall–Kier alpha value is -0.730. The van der Waals surface area contributed by atoms with Crippen molar-refractivity contribution in [3.8, 4) is 0 Å². The molecule has 3 saturated carbocycles. The number of fused-ring (bicyclic) bond motifs is 6. The largest absolute Gasteiger partial charge is 0.465 e. The summed E-state index contributed by atoms with van der Waals surface area (Å²) < 4.78 is 18.4. The summed E-state index contributed by atoms with van der Waals surface area (Å²) >= 11 is 0. The quantitative estimate of drug-likeness (QED) is 0.438. The summed E-state index contributed by atoms with van der Waals surface area (Å²) in [6, 6.07) is 0. The molecule has 0 amide bonds. The van der Waals surface area contributed by atoms with Gasteiger partial charge in [0.1, 0.15) is 0 Å². The van der Waals surface area contributed by atoms with Gasteiger partial charge in [-0.15, -0.1) is 0 Å². The third kappa shape index (κ3) is 4.38. The molecule has 2 saturated heterocycles. The Labute approximate surface area is 229 Å². The van der Waals surface area contributed by atoms with Crippen LogP contribution in [0.4, 0.5) is 0 Å². The number of hydrogen-bond acceptors (Lipinski definition) is 7. The highest BCUT2D eigenvalue weighted by molar-refractivity contribution is 5.74. The van der Waals surface area contributed by atoms with E-state index in [1.165, 1.54) is 0 Å². The third-order valence-electron chi connectivity index (χ3n) is 12.6. The Balaban J connectivity index is 1.38. The minimum Gasteiger partial charge on any atom is -0.465 e. The first kappa shape index (κ1) is 28.8. The van der Waals surface area contributed by atoms with Crippen LogP contribution in [0.2, 0.25) is 0 Å². The van der Waals surface area contributed by atoms with Crippen LogP contribution >= 0.6 is 0 Å². The number of aliphatic hydroxyl groups excluding tert-OH is 3. The molecule has 2 heterocycles. The van der Waals surface area contributed by atoms with Crippen LogP contribution in [0, 0.1) is 58.2 Å². The predicted octanol–water partition coefficient (Wildman–Crippen LogP) is 4.16. The van der Waals surface area contributed by atoms with E-state index in [9.17, 15) is 20.1 Å². The number of carbonyl (C=O) groups excluding carboxylic acids is 1. The molecular formula is C31H52O7. The van der Waals surface area contributed by atoms with Gasteiger partial charge in [-0.1, -0.05) is 41.5 Å². The Bertz CT molecular complexity index is 893. The van der Waals surface area contributed by atoms with Gasteiger partial charge in [0.05, 0.1) is 43.5 Å². The fourth-order valence-electron chi connectivity index (χ4n) is 9.90. The van der Waals surface area contributed by atoms with Crippen molar-refractivity contribution in [1.82, 2.24) is 0 Å². The van der Waals surface area contributed by atoms with Crippen LogP contribution in [0.15, 0.2) is 0 Å². The predicted molar refractivity (Wildman–Crippen MR) is 143 cm³/mol. The first-order valence-corrected chi connectivity index (χ1v) is 15.2. The van der Waals surface area contributed by atoms with E-state index < -0.39 is 18.0 Å². The van der Waals surface area contributed by atoms with E-state index in [1.807, 2.05) is 6.92 Å². The first-order valence-electron chi connectivity index (χ1n) is 15.2. The van der Waals surface area contributed by atoms with Crippen LogP contribution in [0.5, 0.6) is 0 Å². The zero-order valence-corrected chi connectivity index (χ0v) is 24.6. The van der Waals surface area contributed by atoms with Crippen LogP contribution in [-0.4, -0.2) is 64.7 Å². The average molecular weight is 537 g/mol. The molecule has 5 rings (SSSR count). The molecule has 7 heteroatoms. The molecule has 0 aromatic carbocycles. The summed E-state index contributed by atoms with van der Waals surface area (Å²) in [5.41, 5.74) is -0.193. The summed E-state index contributed by atoms with van der Waals surface area (Å²) in [4.78, 5) is 13.4. The van der Waals surface area contributed by atoms with Gasteiger partial charge < -0.3 is 29.5 Å². The van der Waals surface area contributed by atoms with Gasteiger partial charge in [0.15, 0.2) is 5.79 Å². The standard InChI is InChI=1S/C31H52O7/c1-16(2)17(3)26(33)27(34)18(4)20-8-9-21-19-14-36-28(35)23-12-24-25(38-31(7,15-32)37-24)13-30(23,6)22(19)10-11-29(20,21)5/h16-27,32-34H,8-15H2,1-7H3/t17-,18-,19-,20+,21-,22-,23+,24-,25+,26+,27+,29+,30+,31?/m0/s1. The summed E-state index contributed by atoms with van der Waals surface area (Å²) in [6.07, 6.45) is 3.75. The van der Waals surface area contributed by atoms with Gasteiger partial charge in [-0.05, 0) is 97.7 Å². The van der Waals surface area contributed by atoms with Crippen molar-refractivity contribution in [1.29, 1.82) is 0 Å². The van der Waals surface area contributed by atoms with Crippen molar-refractivity contribution >= 4 is 5.97 Å². The van der Waals surface area contributed by atoms with Crippen LogP contribution < -0.4 is 0 Å². The molecule has 5 fully saturated rings. The van der Waals surface area contributed by atoms with E-state index in [0.29, 0.717) is 36.7 Å². The molecule has 0 radical (unpaired) electrons. The summed E-state index contributed by atoms with van der Waals surface area (Å²) in [7, 11) is 0. The normalized spacial score (nSPS) is 49.7. The highest BCUT2D eigenvalue weighted by atomic mass is 16.8. The maximum absolute atomic E-state index is 13.4. The van der Waals surface area contributed by atoms with Crippen molar-refractivity contribution in [3.05, 3.63) is 0 Å². The molecule has 14 atom stereocenters. The maximum atomic E-state index is 13.4. The zero-order valence-electron chi connectivity index (χ0n) is 24.6. The summed E-state index contributed by atoms with van der Waals surface area (Å²) in [6.45, 7) is 15.1. The van der Waals surface area contributed by atoms with Crippen molar-refractivity contribution in [2.75, 3.05) is 13.2 Å². The second-order valence-corrected chi connectivity index (χ2v) is 14.8. The lowest BCUT2D eigenvalue weighted by Gasteiger charge is -2.56. The summed E-state index contributed by atoms with van der Waals surface area (Å²) in [5, 5.41) is 32.1. The average Bonchev–Trinajstić information content (AvgIpc) is 3.37. The smallest absolute Gasteiger partial charge is 0.309 e. The second-order valence-electron chi connectivity index (χ2n) is 14.8. The van der Waals surface area contributed by atoms with Gasteiger partial charge in [-0.2, -0.15) is 0 Å². The van der Waals surface area contributed by atoms with Crippen molar-refractivity contribution < 1.29 is 34.3 Å². The molecule has 0 aromatic heterocycles. The Morgan fingerprint density at radius 2 is 1.58 bits per heavy atom. The molecule has 0 bridgehead atoms. The Morgan fingerprint density at radius 1 is 0.921 bits per heavy atom. The van der Waals surface area contributed by atoms with Gasteiger partial charge in [-0.25, -0.2) is 0 Å². The molecule has 0 spiro atoms. The van der Waals surface area contributed by atoms with Gasteiger partial charge in [0.25, 0.3) is 0 Å². The SMILES string of the molecule is CC(C)[C@H](C)[C@@H](O)[C@H](O)[C@@H](C)[C@H]1CC[C@H]2[C@@H]3COC(=O)[C@H]4C[C@@H]5OC(C)(CO)O[C@@H]5C[C@]4(C)[C@H]3CC[C@]12C. The zero-order chi connectivity index (χ0) is 27.8. The highest BCUT2D eigenvalue weighted by Crippen LogP contribution is 2.66. The Morgan fingerprint density at radius 3 is 2.24 bits per heavy atom. The molecule has 5 aliphatic rings. The number of carbonyl (C=O) groups is 1. The number of rotatable bonds is 6. The number of ether oxygens (including phenoxy) is 3. The van der Waals surface area contributed by atoms with Crippen molar-refractivity contribution in [2.24, 2.45) is 58.2 Å². The van der Waals surface area contributed by atoms with Crippen molar-refractivity contribution in [3.63, 3.8) is 0 Å². The van der Waals surface area contributed by atoms with E-state index in [1.54, 1.807) is 6.92 Å². The first-order chi connectivity index (χ1) is 17.8. The minimum atomic E-state index is -1.00. The van der Waals surface area contributed by atoms with Gasteiger partial charge >= 0.3 is 5.97 Å². The van der Waals surface area contributed by atoms with Gasteiger partial charge in [0, 0.05) is 0 Å². The summed E-state index contributed by atoms with van der Waals surface area (Å²) in [5.74, 6) is 0.405. The van der Waals surface area contributed by atoms with Crippen molar-refractivity contribution in [2.45, 2.75) is 117 Å². The number of esters is 1. The third-order valence-corrected chi connectivity index (χ3v) is 12.6. The van der Waals surface area contributed by atoms with E-state index in [4.69, 9.17) is 14.2 Å². The fourth-order valence-corrected chi connectivity index (χ4v) is 9.90. The van der Waals surface area contributed by atoms with Crippen LogP contribution in [0.1, 0.15) is 87.0 Å². The van der Waals surface area contributed by atoms with E-state index >= 15 is 0 Å². The topological polar surface area (TPSA) is 105 Å². The number of aliphatic hydroxyl groups is 3. The van der Waals surface area contributed by atoms with Crippen LogP contribution in [0.3, 0.4) is 0 Å². The minimum absolute atomic E-state index is 0.00467. The second kappa shape index (κ2) is 9.97. The van der Waals surface area contributed by atoms with E-state index in [2.05, 4.69) is 34.6 Å².